The molecule has 0 bridgehead atoms. The van der Waals surface area contributed by atoms with Gasteiger partial charge in [-0.15, -0.1) is 0 Å². The van der Waals surface area contributed by atoms with Crippen molar-refractivity contribution in [2.24, 2.45) is 5.73 Å². The Kier molecular flexibility index (Phi) is 7.09. The van der Waals surface area contributed by atoms with Crippen LogP contribution in [0.3, 0.4) is 0 Å². The Morgan fingerprint density at radius 3 is 2.69 bits per heavy atom. The van der Waals surface area contributed by atoms with E-state index in [1.54, 1.807) is 0 Å². The molecule has 0 saturated carbocycles. The van der Waals surface area contributed by atoms with E-state index in [1.165, 1.54) is 0 Å². The number of nitrogens with two attached hydrogens (primary N) is 1. The zero-order valence-electron chi connectivity index (χ0n) is 8.67. The van der Waals surface area contributed by atoms with E-state index in [0.717, 1.165) is 13.0 Å². The van der Waals surface area contributed by atoms with Crippen molar-refractivity contribution in [1.29, 1.82) is 0 Å². The highest BCUT2D eigenvalue weighted by molar-refractivity contribution is 7.99. The summed E-state index contributed by atoms with van der Waals surface area (Å²) in [5, 5.41) is 3.42. The first-order chi connectivity index (χ1) is 6.11. The molecular weight excluding hydrogens is 184 g/mol. The second-order valence-electron chi connectivity index (χ2n) is 3.14. The highest BCUT2D eigenvalue weighted by atomic mass is 32.2. The number of hydrogen-bond donors (Lipinski definition) is 2. The molecule has 4 heteroatoms. The summed E-state index contributed by atoms with van der Waals surface area (Å²) in [7, 11) is 0. The Morgan fingerprint density at radius 2 is 2.23 bits per heavy atom. The van der Waals surface area contributed by atoms with Gasteiger partial charge in [-0.25, -0.2) is 0 Å². The van der Waals surface area contributed by atoms with Crippen molar-refractivity contribution < 1.29 is 4.79 Å². The molecule has 13 heavy (non-hydrogen) atoms. The van der Waals surface area contributed by atoms with E-state index in [0.29, 0.717) is 11.7 Å². The largest absolute Gasteiger partial charge is 0.355 e. The second kappa shape index (κ2) is 7.21. The molecule has 3 nitrogen and oxygen atoms in total. The summed E-state index contributed by atoms with van der Waals surface area (Å²) in [5.74, 6) is -0.0317. The van der Waals surface area contributed by atoms with Crippen molar-refractivity contribution in [2.75, 3.05) is 12.8 Å². The van der Waals surface area contributed by atoms with Gasteiger partial charge in [0.25, 0.3) is 0 Å². The maximum atomic E-state index is 11.2. The minimum atomic E-state index is -0.343. The number of thioether (sulfide) groups is 1. The maximum Gasteiger partial charge on any atom is 0.236 e. The highest BCUT2D eigenvalue weighted by Crippen LogP contribution is 2.07. The molecule has 0 saturated heterocycles. The van der Waals surface area contributed by atoms with Gasteiger partial charge in [0.15, 0.2) is 0 Å². The van der Waals surface area contributed by atoms with Crippen molar-refractivity contribution in [3.8, 4) is 0 Å². The van der Waals surface area contributed by atoms with Crippen LogP contribution in [0.1, 0.15) is 26.7 Å². The molecule has 0 rings (SSSR count). The molecule has 0 spiro atoms. The fourth-order valence-electron chi connectivity index (χ4n) is 0.833. The van der Waals surface area contributed by atoms with Crippen molar-refractivity contribution in [3.05, 3.63) is 0 Å². The molecule has 1 unspecified atom stereocenters. The lowest BCUT2D eigenvalue weighted by Crippen LogP contribution is -2.40. The first kappa shape index (κ1) is 12.8. The van der Waals surface area contributed by atoms with Crippen molar-refractivity contribution in [1.82, 2.24) is 5.32 Å². The molecule has 0 aromatic heterocycles. The van der Waals surface area contributed by atoms with Crippen LogP contribution in [-0.2, 0) is 4.79 Å². The quantitative estimate of drug-likeness (QED) is 0.678. The summed E-state index contributed by atoms with van der Waals surface area (Å²) >= 11 is 1.81. The maximum absolute atomic E-state index is 11.2. The minimum Gasteiger partial charge on any atom is -0.355 e. The fourth-order valence-corrected chi connectivity index (χ4v) is 1.19. The SMILES string of the molecule is CC[C@H](N)C(=O)NCCC(C)SC. The zero-order chi connectivity index (χ0) is 10.3. The van der Waals surface area contributed by atoms with Gasteiger partial charge in [0.2, 0.25) is 5.91 Å². The number of rotatable bonds is 6. The number of nitrogens with one attached hydrogen (secondary N) is 1. The van der Waals surface area contributed by atoms with Gasteiger partial charge in [-0.2, -0.15) is 11.8 Å². The Balaban J connectivity index is 3.47. The summed E-state index contributed by atoms with van der Waals surface area (Å²) in [6, 6.07) is -0.343. The summed E-state index contributed by atoms with van der Waals surface area (Å²) in [6.07, 6.45) is 3.78. The molecule has 0 heterocycles. The van der Waals surface area contributed by atoms with Crippen LogP contribution in [0, 0.1) is 0 Å². The van der Waals surface area contributed by atoms with E-state index in [9.17, 15) is 4.79 Å². The van der Waals surface area contributed by atoms with Crippen LogP contribution in [0.25, 0.3) is 0 Å². The molecule has 1 amide bonds. The van der Waals surface area contributed by atoms with Crippen LogP contribution < -0.4 is 11.1 Å². The minimum absolute atomic E-state index is 0.0317. The van der Waals surface area contributed by atoms with Crippen LogP contribution in [-0.4, -0.2) is 30.0 Å². The Bertz CT molecular complexity index is 153. The zero-order valence-corrected chi connectivity index (χ0v) is 9.49. The molecule has 0 radical (unpaired) electrons. The Morgan fingerprint density at radius 1 is 1.62 bits per heavy atom. The summed E-state index contributed by atoms with van der Waals surface area (Å²) in [4.78, 5) is 11.2. The van der Waals surface area contributed by atoms with E-state index in [-0.39, 0.29) is 11.9 Å². The number of hydrogen-bond acceptors (Lipinski definition) is 3. The Hall–Kier alpha value is -0.220. The molecule has 3 N–H and O–H groups in total. The van der Waals surface area contributed by atoms with Crippen LogP contribution >= 0.6 is 11.8 Å². The normalized spacial score (nSPS) is 15.1. The lowest BCUT2D eigenvalue weighted by Gasteiger charge is -2.11. The van der Waals surface area contributed by atoms with Gasteiger partial charge >= 0.3 is 0 Å². The third kappa shape index (κ3) is 5.93. The third-order valence-corrected chi connectivity index (χ3v) is 3.07. The number of carbonyl (C=O) groups is 1. The van der Waals surface area contributed by atoms with Gasteiger partial charge in [0.05, 0.1) is 6.04 Å². The summed E-state index contributed by atoms with van der Waals surface area (Å²) in [5.41, 5.74) is 5.55. The smallest absolute Gasteiger partial charge is 0.236 e. The van der Waals surface area contributed by atoms with Gasteiger partial charge < -0.3 is 11.1 Å². The third-order valence-electron chi connectivity index (χ3n) is 2.03. The molecule has 0 aliphatic heterocycles. The molecule has 78 valence electrons. The molecule has 2 atom stereocenters. The van der Waals surface area contributed by atoms with Gasteiger partial charge in [-0.05, 0) is 19.1 Å². The summed E-state index contributed by atoms with van der Waals surface area (Å²) < 4.78 is 0. The van der Waals surface area contributed by atoms with Crippen LogP contribution in [0.4, 0.5) is 0 Å². The first-order valence-corrected chi connectivity index (χ1v) is 5.96. The van der Waals surface area contributed by atoms with Crippen molar-refractivity contribution >= 4 is 17.7 Å². The van der Waals surface area contributed by atoms with E-state index < -0.39 is 0 Å². The second-order valence-corrected chi connectivity index (χ2v) is 4.42. The molecule has 0 aromatic rings. The molecule has 0 aromatic carbocycles. The van der Waals surface area contributed by atoms with Crippen LogP contribution in [0.2, 0.25) is 0 Å². The molecular formula is C9H20N2OS. The van der Waals surface area contributed by atoms with Crippen molar-refractivity contribution in [3.63, 3.8) is 0 Å². The van der Waals surface area contributed by atoms with Gasteiger partial charge in [-0.3, -0.25) is 4.79 Å². The van der Waals surface area contributed by atoms with Gasteiger partial charge in [0.1, 0.15) is 0 Å². The van der Waals surface area contributed by atoms with Crippen LogP contribution in [0.5, 0.6) is 0 Å². The number of carbonyl (C=O) groups excluding carboxylic acids is 1. The lowest BCUT2D eigenvalue weighted by molar-refractivity contribution is -0.122. The van der Waals surface area contributed by atoms with Crippen LogP contribution in [0.15, 0.2) is 0 Å². The van der Waals surface area contributed by atoms with E-state index in [4.69, 9.17) is 5.73 Å². The molecule has 0 fully saturated rings. The van der Waals surface area contributed by atoms with Gasteiger partial charge in [-0.1, -0.05) is 13.8 Å². The van der Waals surface area contributed by atoms with E-state index >= 15 is 0 Å². The molecule has 0 aliphatic rings. The summed E-state index contributed by atoms with van der Waals surface area (Å²) in [6.45, 7) is 4.79. The first-order valence-electron chi connectivity index (χ1n) is 4.67. The Labute approximate surface area is 84.8 Å². The van der Waals surface area contributed by atoms with E-state index in [2.05, 4.69) is 18.5 Å². The fraction of sp³-hybridized carbons (Fsp3) is 0.889. The predicted molar refractivity (Wildman–Crippen MR) is 58.9 cm³/mol. The monoisotopic (exact) mass is 204 g/mol. The van der Waals surface area contributed by atoms with Crippen molar-refractivity contribution in [2.45, 2.75) is 38.0 Å². The topological polar surface area (TPSA) is 55.1 Å². The predicted octanol–water partition coefficient (Wildman–Crippen LogP) is 0.981. The van der Waals surface area contributed by atoms with E-state index in [1.807, 2.05) is 18.7 Å². The average Bonchev–Trinajstić information content (AvgIpc) is 2.15. The highest BCUT2D eigenvalue weighted by Gasteiger charge is 2.09. The lowest BCUT2D eigenvalue weighted by atomic mass is 10.2. The standard InChI is InChI=1S/C9H20N2OS/c1-4-8(10)9(12)11-6-5-7(2)13-3/h7-8H,4-6,10H2,1-3H3,(H,11,12)/t7?,8-/m0/s1. The average molecular weight is 204 g/mol. The van der Waals surface area contributed by atoms with Gasteiger partial charge in [0, 0.05) is 11.8 Å². The number of amides is 1. The molecule has 0 aliphatic carbocycles.